The molecule has 0 aliphatic heterocycles. The normalized spacial score (nSPS) is 11.6. The summed E-state index contributed by atoms with van der Waals surface area (Å²) in [5, 5.41) is 4.62. The molecule has 2 aromatic heterocycles. The Kier molecular flexibility index (Phi) is 5.65. The van der Waals surface area contributed by atoms with Gasteiger partial charge < -0.3 is 18.9 Å². The Bertz CT molecular complexity index is 1030. The standard InChI is InChI=1S/C21H25NO5/c1-12(2)25-7-5-6-22-20(23)9-17-14(4)16-8-15-13(3)11-26-18(15)10-19(16)27-21(17)24/h8,10-12H,5-7,9H2,1-4H3,(H,22,23). The summed E-state index contributed by atoms with van der Waals surface area (Å²) in [5.41, 5.74) is 2.83. The highest BCUT2D eigenvalue weighted by Gasteiger charge is 2.16. The lowest BCUT2D eigenvalue weighted by Gasteiger charge is -2.10. The third-order valence-electron chi connectivity index (χ3n) is 4.61. The summed E-state index contributed by atoms with van der Waals surface area (Å²) in [4.78, 5) is 24.6. The van der Waals surface area contributed by atoms with Crippen molar-refractivity contribution in [3.8, 4) is 0 Å². The van der Waals surface area contributed by atoms with Crippen LogP contribution in [0.5, 0.6) is 0 Å². The van der Waals surface area contributed by atoms with Gasteiger partial charge in [-0.1, -0.05) is 0 Å². The summed E-state index contributed by atoms with van der Waals surface area (Å²) in [6.07, 6.45) is 2.58. The highest BCUT2D eigenvalue weighted by Crippen LogP contribution is 2.28. The SMILES string of the molecule is Cc1coc2cc3oc(=O)c(CC(=O)NCCCOC(C)C)c(C)c3cc12. The predicted octanol–water partition coefficient (Wildman–Crippen LogP) is 3.63. The summed E-state index contributed by atoms with van der Waals surface area (Å²) in [6, 6.07) is 3.68. The van der Waals surface area contributed by atoms with Gasteiger partial charge in [0.25, 0.3) is 0 Å². The Hall–Kier alpha value is -2.60. The third-order valence-corrected chi connectivity index (χ3v) is 4.61. The van der Waals surface area contributed by atoms with Crippen molar-refractivity contribution in [3.05, 3.63) is 45.5 Å². The van der Waals surface area contributed by atoms with E-state index in [1.807, 2.05) is 33.8 Å². The van der Waals surface area contributed by atoms with Crippen molar-refractivity contribution in [3.63, 3.8) is 0 Å². The number of aryl methyl sites for hydroxylation is 2. The van der Waals surface area contributed by atoms with Gasteiger partial charge in [0.15, 0.2) is 0 Å². The number of hydrogen-bond acceptors (Lipinski definition) is 5. The molecule has 1 aromatic carbocycles. The van der Waals surface area contributed by atoms with Crippen LogP contribution in [0.1, 0.15) is 37.0 Å². The van der Waals surface area contributed by atoms with E-state index in [-0.39, 0.29) is 18.4 Å². The van der Waals surface area contributed by atoms with Gasteiger partial charge in [-0.15, -0.1) is 0 Å². The fourth-order valence-corrected chi connectivity index (χ4v) is 3.08. The molecule has 0 bridgehead atoms. The molecular weight excluding hydrogens is 346 g/mol. The Balaban J connectivity index is 1.78. The minimum Gasteiger partial charge on any atom is -0.464 e. The lowest BCUT2D eigenvalue weighted by molar-refractivity contribution is -0.120. The number of benzene rings is 1. The van der Waals surface area contributed by atoms with E-state index in [1.165, 1.54) is 0 Å². The van der Waals surface area contributed by atoms with Crippen LogP contribution >= 0.6 is 0 Å². The molecule has 0 spiro atoms. The van der Waals surface area contributed by atoms with Gasteiger partial charge in [-0.3, -0.25) is 4.79 Å². The van der Waals surface area contributed by atoms with Crippen LogP contribution in [0.25, 0.3) is 21.9 Å². The summed E-state index contributed by atoms with van der Waals surface area (Å²) in [5.74, 6) is -0.199. The smallest absolute Gasteiger partial charge is 0.340 e. The molecule has 0 saturated heterocycles. The number of carbonyl (C=O) groups is 1. The second-order valence-electron chi connectivity index (χ2n) is 7.06. The van der Waals surface area contributed by atoms with E-state index in [4.69, 9.17) is 13.6 Å². The average Bonchev–Trinajstić information content (AvgIpc) is 2.97. The van der Waals surface area contributed by atoms with Crippen LogP contribution in [0, 0.1) is 13.8 Å². The van der Waals surface area contributed by atoms with Gasteiger partial charge in [-0.2, -0.15) is 0 Å². The van der Waals surface area contributed by atoms with Crippen LogP contribution < -0.4 is 10.9 Å². The number of furan rings is 1. The number of nitrogens with one attached hydrogen (secondary N) is 1. The summed E-state index contributed by atoms with van der Waals surface area (Å²) >= 11 is 0. The molecule has 0 fully saturated rings. The van der Waals surface area contributed by atoms with E-state index in [9.17, 15) is 9.59 Å². The molecule has 0 radical (unpaired) electrons. The Morgan fingerprint density at radius 2 is 1.96 bits per heavy atom. The zero-order valence-corrected chi connectivity index (χ0v) is 16.2. The Morgan fingerprint density at radius 1 is 1.19 bits per heavy atom. The highest BCUT2D eigenvalue weighted by atomic mass is 16.5. The van der Waals surface area contributed by atoms with Crippen LogP contribution in [-0.4, -0.2) is 25.2 Å². The molecule has 6 nitrogen and oxygen atoms in total. The van der Waals surface area contributed by atoms with Crippen molar-refractivity contribution >= 4 is 27.8 Å². The monoisotopic (exact) mass is 371 g/mol. The molecule has 27 heavy (non-hydrogen) atoms. The van der Waals surface area contributed by atoms with Crippen LogP contribution in [0.2, 0.25) is 0 Å². The summed E-state index contributed by atoms with van der Waals surface area (Å²) < 4.78 is 16.4. The second-order valence-corrected chi connectivity index (χ2v) is 7.06. The first-order valence-electron chi connectivity index (χ1n) is 9.19. The molecule has 0 unspecified atom stereocenters. The number of carbonyl (C=O) groups excluding carboxylic acids is 1. The van der Waals surface area contributed by atoms with Gasteiger partial charge in [-0.05, 0) is 51.3 Å². The molecule has 0 aliphatic rings. The van der Waals surface area contributed by atoms with Crippen molar-refractivity contribution < 1.29 is 18.4 Å². The Morgan fingerprint density at radius 3 is 2.70 bits per heavy atom. The number of rotatable bonds is 7. The lowest BCUT2D eigenvalue weighted by Crippen LogP contribution is -2.29. The van der Waals surface area contributed by atoms with E-state index < -0.39 is 5.63 Å². The maximum Gasteiger partial charge on any atom is 0.340 e. The first-order valence-corrected chi connectivity index (χ1v) is 9.19. The number of amides is 1. The molecule has 3 aromatic rings. The van der Waals surface area contributed by atoms with Gasteiger partial charge in [0.05, 0.1) is 24.4 Å². The van der Waals surface area contributed by atoms with Crippen LogP contribution in [0.4, 0.5) is 0 Å². The van der Waals surface area contributed by atoms with Crippen molar-refractivity contribution in [2.45, 2.75) is 46.6 Å². The minimum absolute atomic E-state index is 0.00243. The quantitative estimate of drug-likeness (QED) is 0.507. The fourth-order valence-electron chi connectivity index (χ4n) is 3.08. The van der Waals surface area contributed by atoms with E-state index >= 15 is 0 Å². The third kappa shape index (κ3) is 4.22. The van der Waals surface area contributed by atoms with E-state index in [0.717, 1.165) is 28.3 Å². The molecule has 6 heteroatoms. The maximum absolute atomic E-state index is 12.4. The second kappa shape index (κ2) is 7.96. The number of ether oxygens (including phenoxy) is 1. The molecule has 3 rings (SSSR count). The summed E-state index contributed by atoms with van der Waals surface area (Å²) in [6.45, 7) is 8.86. The number of fused-ring (bicyclic) bond motifs is 2. The van der Waals surface area contributed by atoms with Gasteiger partial charge in [0.2, 0.25) is 5.91 Å². The predicted molar refractivity (Wildman–Crippen MR) is 104 cm³/mol. The maximum atomic E-state index is 12.4. The van der Waals surface area contributed by atoms with Gasteiger partial charge >= 0.3 is 5.63 Å². The topological polar surface area (TPSA) is 81.7 Å². The molecule has 0 atom stereocenters. The molecule has 144 valence electrons. The molecule has 0 saturated carbocycles. The number of hydrogen-bond donors (Lipinski definition) is 1. The molecular formula is C21H25NO5. The highest BCUT2D eigenvalue weighted by molar-refractivity contribution is 5.96. The molecule has 0 aliphatic carbocycles. The fraction of sp³-hybridized carbons (Fsp3) is 0.429. The van der Waals surface area contributed by atoms with Crippen molar-refractivity contribution in [1.82, 2.24) is 5.32 Å². The lowest BCUT2D eigenvalue weighted by atomic mass is 10.0. The van der Waals surface area contributed by atoms with E-state index in [1.54, 1.807) is 12.3 Å². The molecule has 1 amide bonds. The zero-order chi connectivity index (χ0) is 19.6. The van der Waals surface area contributed by atoms with Gasteiger partial charge in [-0.25, -0.2) is 4.79 Å². The zero-order valence-electron chi connectivity index (χ0n) is 16.2. The van der Waals surface area contributed by atoms with E-state index in [0.29, 0.717) is 29.9 Å². The van der Waals surface area contributed by atoms with Crippen molar-refractivity contribution in [2.24, 2.45) is 0 Å². The first kappa shape index (κ1) is 19.2. The van der Waals surface area contributed by atoms with Crippen molar-refractivity contribution in [2.75, 3.05) is 13.2 Å². The van der Waals surface area contributed by atoms with Crippen LogP contribution in [0.3, 0.4) is 0 Å². The Labute approximate surface area is 157 Å². The van der Waals surface area contributed by atoms with Gasteiger partial charge in [0, 0.05) is 30.0 Å². The minimum atomic E-state index is -0.485. The first-order chi connectivity index (χ1) is 12.9. The van der Waals surface area contributed by atoms with Crippen molar-refractivity contribution in [1.29, 1.82) is 0 Å². The summed E-state index contributed by atoms with van der Waals surface area (Å²) in [7, 11) is 0. The van der Waals surface area contributed by atoms with E-state index in [2.05, 4.69) is 5.32 Å². The van der Waals surface area contributed by atoms with Gasteiger partial charge in [0.1, 0.15) is 11.2 Å². The molecule has 2 heterocycles. The molecule has 1 N–H and O–H groups in total. The van der Waals surface area contributed by atoms with Crippen LogP contribution in [-0.2, 0) is 16.0 Å². The van der Waals surface area contributed by atoms with Crippen LogP contribution in [0.15, 0.2) is 32.0 Å². The average molecular weight is 371 g/mol. The largest absolute Gasteiger partial charge is 0.464 e.